The van der Waals surface area contributed by atoms with E-state index in [-0.39, 0.29) is 11.8 Å². The number of benzene rings is 1. The molecule has 0 aromatic heterocycles. The van der Waals surface area contributed by atoms with Crippen LogP contribution in [0, 0.1) is 5.82 Å². The molecule has 0 bridgehead atoms. The SMILES string of the molecule is CC(=O)OC1(c2ccccc2F)CCCCC1. The maximum Gasteiger partial charge on any atom is 0.303 e. The summed E-state index contributed by atoms with van der Waals surface area (Å²) in [6.45, 7) is 1.39. The number of carbonyl (C=O) groups excluding carboxylic acids is 1. The van der Waals surface area contributed by atoms with Crippen LogP contribution in [0.25, 0.3) is 0 Å². The summed E-state index contributed by atoms with van der Waals surface area (Å²) in [4.78, 5) is 11.3. The highest BCUT2D eigenvalue weighted by Crippen LogP contribution is 2.41. The summed E-state index contributed by atoms with van der Waals surface area (Å²) in [5.41, 5.74) is -0.218. The maximum atomic E-state index is 13.9. The van der Waals surface area contributed by atoms with Crippen LogP contribution >= 0.6 is 0 Å². The highest BCUT2D eigenvalue weighted by molar-refractivity contribution is 5.67. The Balaban J connectivity index is 2.39. The summed E-state index contributed by atoms with van der Waals surface area (Å²) >= 11 is 0. The van der Waals surface area contributed by atoms with Gasteiger partial charge in [-0.2, -0.15) is 0 Å². The second-order valence-corrected chi connectivity index (χ2v) is 4.63. The number of carbonyl (C=O) groups is 1. The molecule has 2 nitrogen and oxygen atoms in total. The molecule has 17 heavy (non-hydrogen) atoms. The number of rotatable bonds is 2. The lowest BCUT2D eigenvalue weighted by molar-refractivity contribution is -0.162. The molecule has 1 saturated carbocycles. The highest BCUT2D eigenvalue weighted by Gasteiger charge is 2.38. The Hall–Kier alpha value is -1.38. The lowest BCUT2D eigenvalue weighted by Gasteiger charge is -2.37. The van der Waals surface area contributed by atoms with E-state index >= 15 is 0 Å². The van der Waals surface area contributed by atoms with Crippen LogP contribution in [-0.4, -0.2) is 5.97 Å². The highest BCUT2D eigenvalue weighted by atomic mass is 19.1. The van der Waals surface area contributed by atoms with Crippen LogP contribution < -0.4 is 0 Å². The van der Waals surface area contributed by atoms with E-state index in [9.17, 15) is 9.18 Å². The van der Waals surface area contributed by atoms with Gasteiger partial charge in [0.05, 0.1) is 0 Å². The van der Waals surface area contributed by atoms with Gasteiger partial charge in [-0.1, -0.05) is 24.6 Å². The third-order valence-corrected chi connectivity index (χ3v) is 3.37. The molecule has 0 heterocycles. The molecule has 2 rings (SSSR count). The second-order valence-electron chi connectivity index (χ2n) is 4.63. The smallest absolute Gasteiger partial charge is 0.303 e. The lowest BCUT2D eigenvalue weighted by atomic mass is 9.79. The van der Waals surface area contributed by atoms with Gasteiger partial charge in [-0.25, -0.2) is 4.39 Å². The van der Waals surface area contributed by atoms with Crippen LogP contribution in [0.3, 0.4) is 0 Å². The molecule has 1 aliphatic carbocycles. The second kappa shape index (κ2) is 4.86. The van der Waals surface area contributed by atoms with E-state index in [1.54, 1.807) is 18.2 Å². The van der Waals surface area contributed by atoms with Gasteiger partial charge in [-0.15, -0.1) is 0 Å². The van der Waals surface area contributed by atoms with Gasteiger partial charge < -0.3 is 4.74 Å². The molecular formula is C14H17FO2. The average molecular weight is 236 g/mol. The zero-order chi connectivity index (χ0) is 12.3. The molecule has 92 valence electrons. The molecule has 0 radical (unpaired) electrons. The topological polar surface area (TPSA) is 26.3 Å². The summed E-state index contributed by atoms with van der Waals surface area (Å²) in [7, 11) is 0. The molecule has 0 aliphatic heterocycles. The van der Waals surface area contributed by atoms with Gasteiger partial charge in [0.15, 0.2) is 0 Å². The molecule has 0 N–H and O–H groups in total. The molecule has 0 unspecified atom stereocenters. The summed E-state index contributed by atoms with van der Waals surface area (Å²) in [6.07, 6.45) is 4.50. The zero-order valence-corrected chi connectivity index (χ0v) is 10.0. The quantitative estimate of drug-likeness (QED) is 0.734. The van der Waals surface area contributed by atoms with Crippen LogP contribution in [-0.2, 0) is 15.1 Å². The molecule has 0 saturated heterocycles. The lowest BCUT2D eigenvalue weighted by Crippen LogP contribution is -2.35. The Morgan fingerprint density at radius 1 is 1.24 bits per heavy atom. The fourth-order valence-corrected chi connectivity index (χ4v) is 2.66. The monoisotopic (exact) mass is 236 g/mol. The van der Waals surface area contributed by atoms with Gasteiger partial charge in [0.2, 0.25) is 0 Å². The Morgan fingerprint density at radius 2 is 1.88 bits per heavy atom. The summed E-state index contributed by atoms with van der Waals surface area (Å²) in [6, 6.07) is 6.60. The standard InChI is InChI=1S/C14H17FO2/c1-11(16)17-14(9-5-2-6-10-14)12-7-3-4-8-13(12)15/h3-4,7-8H,2,5-6,9-10H2,1H3. The van der Waals surface area contributed by atoms with Gasteiger partial charge in [0, 0.05) is 12.5 Å². The van der Waals surface area contributed by atoms with Crippen molar-refractivity contribution in [2.45, 2.75) is 44.6 Å². The number of esters is 1. The molecule has 0 spiro atoms. The average Bonchev–Trinajstić information content (AvgIpc) is 2.29. The predicted octanol–water partition coefficient (Wildman–Crippen LogP) is 3.55. The van der Waals surface area contributed by atoms with Crippen LogP contribution in [0.15, 0.2) is 24.3 Å². The number of hydrogen-bond donors (Lipinski definition) is 0. The van der Waals surface area contributed by atoms with Gasteiger partial charge >= 0.3 is 5.97 Å². The van der Waals surface area contributed by atoms with Crippen molar-refractivity contribution < 1.29 is 13.9 Å². The minimum Gasteiger partial charge on any atom is -0.454 e. The van der Waals surface area contributed by atoms with E-state index in [0.29, 0.717) is 18.4 Å². The van der Waals surface area contributed by atoms with Gasteiger partial charge in [-0.05, 0) is 31.7 Å². The Kier molecular flexibility index (Phi) is 3.46. The largest absolute Gasteiger partial charge is 0.454 e. The van der Waals surface area contributed by atoms with E-state index in [1.807, 2.05) is 0 Å². The first kappa shape index (κ1) is 12.1. The first-order chi connectivity index (χ1) is 8.14. The predicted molar refractivity (Wildman–Crippen MR) is 62.9 cm³/mol. The fraction of sp³-hybridized carbons (Fsp3) is 0.500. The van der Waals surface area contributed by atoms with Crippen molar-refractivity contribution in [2.75, 3.05) is 0 Å². The number of hydrogen-bond acceptors (Lipinski definition) is 2. The molecule has 1 aliphatic rings. The number of ether oxygens (including phenoxy) is 1. The normalized spacial score (nSPS) is 18.7. The molecule has 3 heteroatoms. The third-order valence-electron chi connectivity index (χ3n) is 3.37. The maximum absolute atomic E-state index is 13.9. The van der Waals surface area contributed by atoms with Crippen LogP contribution in [0.2, 0.25) is 0 Å². The van der Waals surface area contributed by atoms with Crippen molar-refractivity contribution >= 4 is 5.97 Å². The number of halogens is 1. The van der Waals surface area contributed by atoms with E-state index < -0.39 is 5.60 Å². The van der Waals surface area contributed by atoms with E-state index in [2.05, 4.69) is 0 Å². The van der Waals surface area contributed by atoms with E-state index in [4.69, 9.17) is 4.74 Å². The summed E-state index contributed by atoms with van der Waals surface area (Å²) in [5, 5.41) is 0. The zero-order valence-electron chi connectivity index (χ0n) is 10.0. The molecule has 0 atom stereocenters. The minimum absolute atomic E-state index is 0.282. The van der Waals surface area contributed by atoms with Crippen molar-refractivity contribution in [3.8, 4) is 0 Å². The van der Waals surface area contributed by atoms with Crippen molar-refractivity contribution in [3.63, 3.8) is 0 Å². The summed E-state index contributed by atoms with van der Waals surface area (Å²) in [5.74, 6) is -0.620. The fourth-order valence-electron chi connectivity index (χ4n) is 2.66. The third kappa shape index (κ3) is 2.48. The first-order valence-electron chi connectivity index (χ1n) is 6.09. The molecular weight excluding hydrogens is 219 g/mol. The van der Waals surface area contributed by atoms with Gasteiger partial charge in [0.1, 0.15) is 11.4 Å². The van der Waals surface area contributed by atoms with Crippen LogP contribution in [0.1, 0.15) is 44.6 Å². The molecule has 1 aromatic rings. The van der Waals surface area contributed by atoms with Crippen molar-refractivity contribution in [1.82, 2.24) is 0 Å². The Bertz CT molecular complexity index is 408. The van der Waals surface area contributed by atoms with E-state index in [1.165, 1.54) is 13.0 Å². The van der Waals surface area contributed by atoms with Crippen molar-refractivity contribution in [3.05, 3.63) is 35.6 Å². The Morgan fingerprint density at radius 3 is 2.47 bits per heavy atom. The first-order valence-corrected chi connectivity index (χ1v) is 6.09. The molecule has 0 amide bonds. The van der Waals surface area contributed by atoms with Crippen molar-refractivity contribution in [1.29, 1.82) is 0 Å². The van der Waals surface area contributed by atoms with Gasteiger partial charge in [-0.3, -0.25) is 4.79 Å². The summed E-state index contributed by atoms with van der Waals surface area (Å²) < 4.78 is 19.3. The van der Waals surface area contributed by atoms with Crippen LogP contribution in [0.4, 0.5) is 4.39 Å². The van der Waals surface area contributed by atoms with Crippen molar-refractivity contribution in [2.24, 2.45) is 0 Å². The molecule has 1 aromatic carbocycles. The Labute approximate surface area is 101 Å². The minimum atomic E-state index is -0.741. The van der Waals surface area contributed by atoms with Crippen LogP contribution in [0.5, 0.6) is 0 Å². The van der Waals surface area contributed by atoms with E-state index in [0.717, 1.165) is 19.3 Å². The molecule has 1 fully saturated rings. The van der Waals surface area contributed by atoms with Gasteiger partial charge in [0.25, 0.3) is 0 Å².